The van der Waals surface area contributed by atoms with Gasteiger partial charge in [-0.2, -0.15) is 0 Å². The Morgan fingerprint density at radius 3 is 2.36 bits per heavy atom. The number of likely N-dealkylation sites (tertiary alicyclic amines) is 1. The van der Waals surface area contributed by atoms with Gasteiger partial charge in [0.1, 0.15) is 0 Å². The molecular weight excluding hydrogens is 178 g/mol. The standard InChI is InChI=1S/C11H19NO2/c1-4-10(13)12-7-5-9(6-8-12)11(2,3)14/h4,9,14H,1,5-8H2,2-3H3. The third-order valence-electron chi connectivity index (χ3n) is 2.98. The topological polar surface area (TPSA) is 40.5 Å². The van der Waals surface area contributed by atoms with E-state index in [0.29, 0.717) is 5.92 Å². The predicted octanol–water partition coefficient (Wildman–Crippen LogP) is 1.18. The highest BCUT2D eigenvalue weighted by Gasteiger charge is 2.31. The number of aliphatic hydroxyl groups is 1. The van der Waals surface area contributed by atoms with Crippen LogP contribution in [0.1, 0.15) is 26.7 Å². The maximum absolute atomic E-state index is 11.3. The second-order valence-electron chi connectivity index (χ2n) is 4.46. The Labute approximate surface area is 85.4 Å². The number of nitrogens with zero attached hydrogens (tertiary/aromatic N) is 1. The molecule has 1 N–H and O–H groups in total. The van der Waals surface area contributed by atoms with Gasteiger partial charge in [-0.1, -0.05) is 6.58 Å². The lowest BCUT2D eigenvalue weighted by Crippen LogP contribution is -2.43. The lowest BCUT2D eigenvalue weighted by molar-refractivity contribution is -0.128. The van der Waals surface area contributed by atoms with E-state index >= 15 is 0 Å². The van der Waals surface area contributed by atoms with Crippen LogP contribution in [0.25, 0.3) is 0 Å². The highest BCUT2D eigenvalue weighted by Crippen LogP contribution is 2.27. The van der Waals surface area contributed by atoms with Crippen molar-refractivity contribution in [3.63, 3.8) is 0 Å². The Bertz CT molecular complexity index is 222. The second kappa shape index (κ2) is 4.13. The van der Waals surface area contributed by atoms with E-state index < -0.39 is 5.60 Å². The number of hydrogen-bond acceptors (Lipinski definition) is 2. The van der Waals surface area contributed by atoms with Gasteiger partial charge in [-0.3, -0.25) is 4.79 Å². The molecular formula is C11H19NO2. The first-order valence-corrected chi connectivity index (χ1v) is 5.09. The van der Waals surface area contributed by atoms with Gasteiger partial charge in [-0.15, -0.1) is 0 Å². The normalized spacial score (nSPS) is 19.5. The summed E-state index contributed by atoms with van der Waals surface area (Å²) in [5, 5.41) is 9.80. The van der Waals surface area contributed by atoms with Crippen LogP contribution < -0.4 is 0 Å². The van der Waals surface area contributed by atoms with Gasteiger partial charge in [0, 0.05) is 13.1 Å². The molecule has 80 valence electrons. The van der Waals surface area contributed by atoms with E-state index in [0.717, 1.165) is 25.9 Å². The van der Waals surface area contributed by atoms with Gasteiger partial charge in [-0.05, 0) is 38.7 Å². The van der Waals surface area contributed by atoms with Crippen LogP contribution in [0.2, 0.25) is 0 Å². The number of rotatable bonds is 2. The number of piperidine rings is 1. The van der Waals surface area contributed by atoms with Gasteiger partial charge in [0.2, 0.25) is 5.91 Å². The molecule has 0 aliphatic carbocycles. The molecule has 1 saturated heterocycles. The summed E-state index contributed by atoms with van der Waals surface area (Å²) in [7, 11) is 0. The lowest BCUT2D eigenvalue weighted by atomic mass is 9.83. The summed E-state index contributed by atoms with van der Waals surface area (Å²) in [5.74, 6) is 0.301. The summed E-state index contributed by atoms with van der Waals surface area (Å²) in [4.78, 5) is 13.1. The maximum atomic E-state index is 11.3. The van der Waals surface area contributed by atoms with Crippen LogP contribution in [-0.4, -0.2) is 34.6 Å². The van der Waals surface area contributed by atoms with Crippen LogP contribution in [0.3, 0.4) is 0 Å². The molecule has 1 aliphatic rings. The fraction of sp³-hybridized carbons (Fsp3) is 0.727. The van der Waals surface area contributed by atoms with Crippen LogP contribution in [0, 0.1) is 5.92 Å². The monoisotopic (exact) mass is 197 g/mol. The Morgan fingerprint density at radius 2 is 2.00 bits per heavy atom. The highest BCUT2D eigenvalue weighted by atomic mass is 16.3. The minimum absolute atomic E-state index is 0.000745. The minimum atomic E-state index is -0.622. The SMILES string of the molecule is C=CC(=O)N1CCC(C(C)(C)O)CC1. The minimum Gasteiger partial charge on any atom is -0.390 e. The smallest absolute Gasteiger partial charge is 0.245 e. The van der Waals surface area contributed by atoms with Crippen molar-refractivity contribution in [2.45, 2.75) is 32.3 Å². The number of hydrogen-bond donors (Lipinski definition) is 1. The zero-order valence-electron chi connectivity index (χ0n) is 8.99. The predicted molar refractivity (Wildman–Crippen MR) is 55.8 cm³/mol. The van der Waals surface area contributed by atoms with Gasteiger partial charge < -0.3 is 10.0 Å². The molecule has 0 aromatic rings. The molecule has 3 nitrogen and oxygen atoms in total. The molecule has 3 heteroatoms. The number of carbonyl (C=O) groups excluding carboxylic acids is 1. The molecule has 1 fully saturated rings. The van der Waals surface area contributed by atoms with Crippen LogP contribution >= 0.6 is 0 Å². The van der Waals surface area contributed by atoms with Crippen molar-refractivity contribution in [2.24, 2.45) is 5.92 Å². The van der Waals surface area contributed by atoms with E-state index in [2.05, 4.69) is 6.58 Å². The summed E-state index contributed by atoms with van der Waals surface area (Å²) in [6.45, 7) is 8.61. The fourth-order valence-electron chi connectivity index (χ4n) is 1.94. The number of carbonyl (C=O) groups is 1. The van der Waals surface area contributed by atoms with E-state index in [1.54, 1.807) is 4.90 Å². The van der Waals surface area contributed by atoms with Crippen LogP contribution in [0.15, 0.2) is 12.7 Å². The Morgan fingerprint density at radius 1 is 1.50 bits per heavy atom. The summed E-state index contributed by atoms with van der Waals surface area (Å²) < 4.78 is 0. The molecule has 0 atom stereocenters. The molecule has 1 amide bonds. The van der Waals surface area contributed by atoms with E-state index in [-0.39, 0.29) is 5.91 Å². The molecule has 1 aliphatic heterocycles. The zero-order valence-corrected chi connectivity index (χ0v) is 8.99. The highest BCUT2D eigenvalue weighted by molar-refractivity contribution is 5.87. The lowest BCUT2D eigenvalue weighted by Gasteiger charge is -2.37. The average Bonchev–Trinajstić information content (AvgIpc) is 2.15. The summed E-state index contributed by atoms with van der Waals surface area (Å²) >= 11 is 0. The van der Waals surface area contributed by atoms with Crippen molar-refractivity contribution >= 4 is 5.91 Å². The molecule has 1 heterocycles. The van der Waals surface area contributed by atoms with Crippen molar-refractivity contribution in [1.82, 2.24) is 4.90 Å². The second-order valence-corrected chi connectivity index (χ2v) is 4.46. The van der Waals surface area contributed by atoms with Crippen molar-refractivity contribution < 1.29 is 9.90 Å². The van der Waals surface area contributed by atoms with Gasteiger partial charge in [0.15, 0.2) is 0 Å². The Kier molecular flexibility index (Phi) is 3.32. The summed E-state index contributed by atoms with van der Waals surface area (Å²) in [5.41, 5.74) is -0.622. The van der Waals surface area contributed by atoms with E-state index in [1.807, 2.05) is 13.8 Å². The first kappa shape index (κ1) is 11.2. The molecule has 1 rings (SSSR count). The Balaban J connectivity index is 2.46. The molecule has 0 saturated carbocycles. The van der Waals surface area contributed by atoms with Gasteiger partial charge in [0.05, 0.1) is 5.60 Å². The largest absolute Gasteiger partial charge is 0.390 e. The first-order valence-electron chi connectivity index (χ1n) is 5.09. The molecule has 0 radical (unpaired) electrons. The molecule has 0 spiro atoms. The first-order chi connectivity index (χ1) is 6.45. The van der Waals surface area contributed by atoms with E-state index in [9.17, 15) is 9.90 Å². The molecule has 0 aromatic carbocycles. The van der Waals surface area contributed by atoms with Crippen LogP contribution in [0.4, 0.5) is 0 Å². The molecule has 0 unspecified atom stereocenters. The third kappa shape index (κ3) is 2.58. The fourth-order valence-corrected chi connectivity index (χ4v) is 1.94. The molecule has 14 heavy (non-hydrogen) atoms. The van der Waals surface area contributed by atoms with Crippen molar-refractivity contribution in [1.29, 1.82) is 0 Å². The van der Waals surface area contributed by atoms with Gasteiger partial charge >= 0.3 is 0 Å². The van der Waals surface area contributed by atoms with Crippen molar-refractivity contribution in [3.8, 4) is 0 Å². The molecule has 0 aromatic heterocycles. The van der Waals surface area contributed by atoms with Crippen molar-refractivity contribution in [2.75, 3.05) is 13.1 Å². The van der Waals surface area contributed by atoms with Gasteiger partial charge in [-0.25, -0.2) is 0 Å². The summed E-state index contributed by atoms with van der Waals surface area (Å²) in [6.07, 6.45) is 3.11. The van der Waals surface area contributed by atoms with E-state index in [1.165, 1.54) is 6.08 Å². The zero-order chi connectivity index (χ0) is 10.8. The quantitative estimate of drug-likeness (QED) is 0.675. The van der Waals surface area contributed by atoms with Gasteiger partial charge in [0.25, 0.3) is 0 Å². The summed E-state index contributed by atoms with van der Waals surface area (Å²) in [6, 6.07) is 0. The van der Waals surface area contributed by atoms with Crippen LogP contribution in [-0.2, 0) is 4.79 Å². The number of amides is 1. The third-order valence-corrected chi connectivity index (χ3v) is 2.98. The van der Waals surface area contributed by atoms with Crippen LogP contribution in [0.5, 0.6) is 0 Å². The maximum Gasteiger partial charge on any atom is 0.245 e. The van der Waals surface area contributed by atoms with E-state index in [4.69, 9.17) is 0 Å². The Hall–Kier alpha value is -0.830. The average molecular weight is 197 g/mol. The molecule has 0 bridgehead atoms. The van der Waals surface area contributed by atoms with Crippen molar-refractivity contribution in [3.05, 3.63) is 12.7 Å².